The molecule has 0 bridgehead atoms. The zero-order chi connectivity index (χ0) is 18.9. The number of amides is 1. The molecule has 0 saturated heterocycles. The summed E-state index contributed by atoms with van der Waals surface area (Å²) in [5.41, 5.74) is -0.120. The first kappa shape index (κ1) is 20.9. The molecule has 0 aromatic heterocycles. The molecule has 0 aliphatic heterocycles. The summed E-state index contributed by atoms with van der Waals surface area (Å²) < 4.78 is 26.7. The zero-order valence-corrected chi connectivity index (χ0v) is 15.4. The minimum absolute atomic E-state index is 0.0159. The average Bonchev–Trinajstić information content (AvgIpc) is 2.53. The van der Waals surface area contributed by atoms with E-state index in [-0.39, 0.29) is 5.91 Å². The van der Waals surface area contributed by atoms with E-state index in [0.717, 1.165) is 12.1 Å². The molecule has 0 saturated carbocycles. The van der Waals surface area contributed by atoms with Crippen LogP contribution in [0.5, 0.6) is 0 Å². The molecule has 1 aromatic carbocycles. The first-order valence-electron chi connectivity index (χ1n) is 8.48. The zero-order valence-electron chi connectivity index (χ0n) is 15.4. The Balaban J connectivity index is 2.46. The SMILES string of the molecule is CCNC(=NCCc1cc(F)ccc1F)NCCNC(=O)C(C)(C)C. The van der Waals surface area contributed by atoms with Crippen molar-refractivity contribution in [2.75, 3.05) is 26.2 Å². The fourth-order valence-corrected chi connectivity index (χ4v) is 1.99. The van der Waals surface area contributed by atoms with E-state index in [1.165, 1.54) is 6.07 Å². The van der Waals surface area contributed by atoms with Crippen molar-refractivity contribution in [1.29, 1.82) is 0 Å². The van der Waals surface area contributed by atoms with Crippen molar-refractivity contribution in [3.63, 3.8) is 0 Å². The van der Waals surface area contributed by atoms with Gasteiger partial charge in [-0.2, -0.15) is 0 Å². The van der Waals surface area contributed by atoms with Crippen LogP contribution in [0.4, 0.5) is 8.78 Å². The summed E-state index contributed by atoms with van der Waals surface area (Å²) in [5, 5.41) is 9.01. The van der Waals surface area contributed by atoms with Crippen LogP contribution < -0.4 is 16.0 Å². The molecule has 140 valence electrons. The van der Waals surface area contributed by atoms with E-state index in [2.05, 4.69) is 20.9 Å². The molecule has 7 heteroatoms. The van der Waals surface area contributed by atoms with Crippen LogP contribution in [0.25, 0.3) is 0 Å². The van der Waals surface area contributed by atoms with Crippen LogP contribution in [-0.2, 0) is 11.2 Å². The molecule has 1 amide bonds. The lowest BCUT2D eigenvalue weighted by atomic mass is 9.96. The Hall–Kier alpha value is -2.18. The Bertz CT molecular complexity index is 597. The van der Waals surface area contributed by atoms with Gasteiger partial charge in [0.25, 0.3) is 0 Å². The Morgan fingerprint density at radius 1 is 1.12 bits per heavy atom. The van der Waals surface area contributed by atoms with Crippen molar-refractivity contribution in [3.8, 4) is 0 Å². The van der Waals surface area contributed by atoms with Crippen LogP contribution in [0, 0.1) is 17.0 Å². The van der Waals surface area contributed by atoms with Gasteiger partial charge < -0.3 is 16.0 Å². The highest BCUT2D eigenvalue weighted by Crippen LogP contribution is 2.12. The smallest absolute Gasteiger partial charge is 0.225 e. The molecule has 0 atom stereocenters. The topological polar surface area (TPSA) is 65.5 Å². The van der Waals surface area contributed by atoms with Crippen molar-refractivity contribution in [1.82, 2.24) is 16.0 Å². The lowest BCUT2D eigenvalue weighted by Crippen LogP contribution is -2.43. The molecule has 0 heterocycles. The number of nitrogens with zero attached hydrogens (tertiary/aromatic N) is 1. The third kappa shape index (κ3) is 7.96. The lowest BCUT2D eigenvalue weighted by molar-refractivity contribution is -0.128. The van der Waals surface area contributed by atoms with Gasteiger partial charge in [-0.3, -0.25) is 9.79 Å². The van der Waals surface area contributed by atoms with Crippen LogP contribution in [0.15, 0.2) is 23.2 Å². The monoisotopic (exact) mass is 354 g/mol. The largest absolute Gasteiger partial charge is 0.357 e. The summed E-state index contributed by atoms with van der Waals surface area (Å²) in [6, 6.07) is 3.41. The number of rotatable bonds is 7. The number of halogens is 2. The second-order valence-electron chi connectivity index (χ2n) is 6.68. The second kappa shape index (κ2) is 9.96. The van der Waals surface area contributed by atoms with Crippen molar-refractivity contribution >= 4 is 11.9 Å². The molecule has 25 heavy (non-hydrogen) atoms. The van der Waals surface area contributed by atoms with E-state index >= 15 is 0 Å². The number of guanidine groups is 1. The van der Waals surface area contributed by atoms with Crippen molar-refractivity contribution < 1.29 is 13.6 Å². The normalized spacial score (nSPS) is 12.0. The van der Waals surface area contributed by atoms with Gasteiger partial charge in [0.05, 0.1) is 0 Å². The number of carbonyl (C=O) groups is 1. The lowest BCUT2D eigenvalue weighted by Gasteiger charge is -2.18. The Morgan fingerprint density at radius 3 is 2.44 bits per heavy atom. The fraction of sp³-hybridized carbons (Fsp3) is 0.556. The van der Waals surface area contributed by atoms with Gasteiger partial charge in [0.2, 0.25) is 5.91 Å². The quantitative estimate of drug-likeness (QED) is 0.400. The Kier molecular flexibility index (Phi) is 8.31. The summed E-state index contributed by atoms with van der Waals surface area (Å²) in [6.07, 6.45) is 0.306. The average molecular weight is 354 g/mol. The van der Waals surface area contributed by atoms with E-state index in [9.17, 15) is 13.6 Å². The number of carbonyl (C=O) groups excluding carboxylic acids is 1. The first-order valence-corrected chi connectivity index (χ1v) is 8.48. The second-order valence-corrected chi connectivity index (χ2v) is 6.68. The maximum Gasteiger partial charge on any atom is 0.225 e. The van der Waals surface area contributed by atoms with Crippen LogP contribution in [0.1, 0.15) is 33.3 Å². The van der Waals surface area contributed by atoms with Crippen molar-refractivity contribution in [3.05, 3.63) is 35.4 Å². The number of hydrogen-bond acceptors (Lipinski definition) is 2. The highest BCUT2D eigenvalue weighted by atomic mass is 19.1. The molecule has 5 nitrogen and oxygen atoms in total. The number of aliphatic imine (C=N–C) groups is 1. The first-order chi connectivity index (χ1) is 11.7. The summed E-state index contributed by atoms with van der Waals surface area (Å²) in [7, 11) is 0. The number of nitrogens with one attached hydrogen (secondary N) is 3. The highest BCUT2D eigenvalue weighted by Gasteiger charge is 2.20. The summed E-state index contributed by atoms with van der Waals surface area (Å²) in [4.78, 5) is 16.1. The molecule has 3 N–H and O–H groups in total. The molecule has 0 spiro atoms. The van der Waals surface area contributed by atoms with Gasteiger partial charge in [-0.1, -0.05) is 20.8 Å². The van der Waals surface area contributed by atoms with E-state index < -0.39 is 17.0 Å². The fourth-order valence-electron chi connectivity index (χ4n) is 1.99. The van der Waals surface area contributed by atoms with Gasteiger partial charge in [0.1, 0.15) is 11.6 Å². The van der Waals surface area contributed by atoms with Crippen LogP contribution in [0.2, 0.25) is 0 Å². The molecule has 1 aromatic rings. The predicted octanol–water partition coefficient (Wildman–Crippen LogP) is 2.22. The minimum atomic E-state index is -0.458. The Morgan fingerprint density at radius 2 is 1.80 bits per heavy atom. The molecule has 0 radical (unpaired) electrons. The van der Waals surface area contributed by atoms with Gasteiger partial charge in [0, 0.05) is 31.6 Å². The van der Waals surface area contributed by atoms with Crippen LogP contribution in [-0.4, -0.2) is 38.0 Å². The van der Waals surface area contributed by atoms with Crippen molar-refractivity contribution in [2.45, 2.75) is 34.1 Å². The van der Waals surface area contributed by atoms with Gasteiger partial charge in [-0.05, 0) is 37.1 Å². The maximum absolute atomic E-state index is 13.6. The van der Waals surface area contributed by atoms with Crippen LogP contribution in [0.3, 0.4) is 0 Å². The summed E-state index contributed by atoms with van der Waals surface area (Å²) in [6.45, 7) is 9.48. The van der Waals surface area contributed by atoms with Crippen LogP contribution >= 0.6 is 0 Å². The van der Waals surface area contributed by atoms with Gasteiger partial charge >= 0.3 is 0 Å². The number of hydrogen-bond donors (Lipinski definition) is 3. The Labute approximate surface area is 148 Å². The highest BCUT2D eigenvalue weighted by molar-refractivity contribution is 5.81. The van der Waals surface area contributed by atoms with Gasteiger partial charge in [-0.15, -0.1) is 0 Å². The maximum atomic E-state index is 13.6. The standard InChI is InChI=1S/C18H28F2N4O/c1-5-21-17(24-11-10-22-16(25)18(2,3)4)23-9-8-13-12-14(19)6-7-15(13)20/h6-7,12H,5,8-11H2,1-4H3,(H,22,25)(H2,21,23,24). The minimum Gasteiger partial charge on any atom is -0.357 e. The van der Waals surface area contributed by atoms with Gasteiger partial charge in [0.15, 0.2) is 5.96 Å². The third-order valence-electron chi connectivity index (χ3n) is 3.39. The molecule has 0 fully saturated rings. The molecule has 0 aliphatic carbocycles. The molecule has 0 aliphatic rings. The molecule has 0 unspecified atom stereocenters. The molecular weight excluding hydrogens is 326 g/mol. The van der Waals surface area contributed by atoms with Crippen molar-refractivity contribution in [2.24, 2.45) is 10.4 Å². The van der Waals surface area contributed by atoms with E-state index in [0.29, 0.717) is 44.1 Å². The molecular formula is C18H28F2N4O. The number of benzene rings is 1. The molecule has 1 rings (SSSR count). The van der Waals surface area contributed by atoms with E-state index in [1.807, 2.05) is 27.7 Å². The predicted molar refractivity (Wildman–Crippen MR) is 96.5 cm³/mol. The summed E-state index contributed by atoms with van der Waals surface area (Å²) in [5.74, 6) is -0.332. The van der Waals surface area contributed by atoms with E-state index in [1.54, 1.807) is 0 Å². The van der Waals surface area contributed by atoms with E-state index in [4.69, 9.17) is 0 Å². The van der Waals surface area contributed by atoms with Gasteiger partial charge in [-0.25, -0.2) is 8.78 Å². The third-order valence-corrected chi connectivity index (χ3v) is 3.39. The summed E-state index contributed by atoms with van der Waals surface area (Å²) >= 11 is 0.